The molecule has 1 atom stereocenters. The Balaban J connectivity index is 1.79. The summed E-state index contributed by atoms with van der Waals surface area (Å²) < 4.78 is 13.1. The lowest BCUT2D eigenvalue weighted by Crippen LogP contribution is -2.44. The molecule has 3 rings (SSSR count). The van der Waals surface area contributed by atoms with Crippen molar-refractivity contribution in [3.05, 3.63) is 84.4 Å². The van der Waals surface area contributed by atoms with E-state index in [0.29, 0.717) is 17.7 Å². The number of anilines is 1. The van der Waals surface area contributed by atoms with Crippen LogP contribution in [0.1, 0.15) is 33.1 Å². The maximum absolute atomic E-state index is 13.1. The first kappa shape index (κ1) is 19.9. The van der Waals surface area contributed by atoms with Gasteiger partial charge in [0.1, 0.15) is 17.5 Å². The Bertz CT molecular complexity index is 835. The summed E-state index contributed by atoms with van der Waals surface area (Å²) in [7, 11) is 0. The van der Waals surface area contributed by atoms with Crippen molar-refractivity contribution in [1.82, 2.24) is 14.8 Å². The third-order valence-corrected chi connectivity index (χ3v) is 5.35. The molecule has 0 spiro atoms. The van der Waals surface area contributed by atoms with Crippen LogP contribution in [0.25, 0.3) is 0 Å². The van der Waals surface area contributed by atoms with Gasteiger partial charge in [0.05, 0.1) is 23.6 Å². The fourth-order valence-corrected chi connectivity index (χ4v) is 3.76. The minimum Gasteiger partial charge on any atom is -0.368 e. The second kappa shape index (κ2) is 8.46. The zero-order valence-corrected chi connectivity index (χ0v) is 16.8. The number of fused-ring (bicyclic) bond motifs is 2. The number of pyridine rings is 1. The summed E-state index contributed by atoms with van der Waals surface area (Å²) in [5.41, 5.74) is 4.39. The van der Waals surface area contributed by atoms with E-state index in [9.17, 15) is 4.39 Å². The van der Waals surface area contributed by atoms with Gasteiger partial charge in [-0.25, -0.2) is 9.37 Å². The Morgan fingerprint density at radius 3 is 2.86 bits per heavy atom. The number of allylic oxidation sites excluding steroid dienone is 4. The molecule has 3 heterocycles. The first-order chi connectivity index (χ1) is 13.4. The number of halogens is 1. The van der Waals surface area contributed by atoms with E-state index in [4.69, 9.17) is 0 Å². The van der Waals surface area contributed by atoms with Crippen molar-refractivity contribution in [3.63, 3.8) is 0 Å². The molecule has 1 aromatic rings. The summed E-state index contributed by atoms with van der Waals surface area (Å²) >= 11 is 0. The molecule has 2 aliphatic rings. The molecule has 148 valence electrons. The molecule has 2 bridgehead atoms. The summed E-state index contributed by atoms with van der Waals surface area (Å²) in [5.74, 6) is 0.913. The first-order valence-electron chi connectivity index (χ1n) is 9.78. The summed E-state index contributed by atoms with van der Waals surface area (Å²) in [6.07, 6.45) is 8.61. The van der Waals surface area contributed by atoms with Crippen molar-refractivity contribution in [1.29, 1.82) is 0 Å². The van der Waals surface area contributed by atoms with E-state index in [1.54, 1.807) is 6.07 Å². The van der Waals surface area contributed by atoms with Crippen molar-refractivity contribution in [2.45, 2.75) is 39.2 Å². The second-order valence-corrected chi connectivity index (χ2v) is 7.39. The topological polar surface area (TPSA) is 31.4 Å². The summed E-state index contributed by atoms with van der Waals surface area (Å²) in [4.78, 5) is 8.58. The standard InChI is InChI=1S/C23H29FN4/c1-6-7-16(2)17(3)8-10-22-18(4)28(21-12-13-27(22)15-21)19(5)26-23-11-9-20(24)14-25-23/h8-11,14,21H,2,4-7,12-13,15H2,1,3H3,(H,25,26)/b17-8+,22-10+. The van der Waals surface area contributed by atoms with Gasteiger partial charge in [-0.3, -0.25) is 0 Å². The Morgan fingerprint density at radius 2 is 2.18 bits per heavy atom. The van der Waals surface area contributed by atoms with Crippen LogP contribution in [-0.2, 0) is 0 Å². The number of aromatic nitrogens is 1. The van der Waals surface area contributed by atoms with Gasteiger partial charge < -0.3 is 15.1 Å². The van der Waals surface area contributed by atoms with E-state index < -0.39 is 0 Å². The van der Waals surface area contributed by atoms with Crippen molar-refractivity contribution in [3.8, 4) is 0 Å². The van der Waals surface area contributed by atoms with Gasteiger partial charge in [0.15, 0.2) is 0 Å². The fourth-order valence-electron chi connectivity index (χ4n) is 3.76. The Kier molecular flexibility index (Phi) is 6.02. The van der Waals surface area contributed by atoms with Crippen LogP contribution in [0.2, 0.25) is 0 Å². The number of rotatable bonds is 7. The largest absolute Gasteiger partial charge is 0.368 e. The average Bonchev–Trinajstić information content (AvgIpc) is 3.08. The molecule has 5 heteroatoms. The Labute approximate surface area is 167 Å². The van der Waals surface area contributed by atoms with Crippen LogP contribution >= 0.6 is 0 Å². The predicted molar refractivity (Wildman–Crippen MR) is 114 cm³/mol. The Morgan fingerprint density at radius 1 is 1.39 bits per heavy atom. The highest BCUT2D eigenvalue weighted by Gasteiger charge is 2.38. The van der Waals surface area contributed by atoms with Crippen LogP contribution < -0.4 is 5.32 Å². The molecule has 0 aliphatic carbocycles. The molecule has 2 saturated heterocycles. The van der Waals surface area contributed by atoms with E-state index in [2.05, 4.69) is 65.8 Å². The van der Waals surface area contributed by atoms with E-state index in [1.165, 1.54) is 23.4 Å². The normalized spacial score (nSPS) is 20.7. The minimum absolute atomic E-state index is 0.324. The minimum atomic E-state index is -0.359. The van der Waals surface area contributed by atoms with Crippen LogP contribution in [-0.4, -0.2) is 33.9 Å². The van der Waals surface area contributed by atoms with Crippen molar-refractivity contribution in [2.24, 2.45) is 0 Å². The highest BCUT2D eigenvalue weighted by atomic mass is 19.1. The Hall–Kier alpha value is -2.82. The van der Waals surface area contributed by atoms with Gasteiger partial charge >= 0.3 is 0 Å². The van der Waals surface area contributed by atoms with Crippen molar-refractivity contribution < 1.29 is 4.39 Å². The van der Waals surface area contributed by atoms with Crippen molar-refractivity contribution in [2.75, 3.05) is 18.4 Å². The van der Waals surface area contributed by atoms with E-state index in [0.717, 1.165) is 43.7 Å². The zero-order chi connectivity index (χ0) is 20.3. The fraction of sp³-hybridized carbons (Fsp3) is 0.348. The van der Waals surface area contributed by atoms with Gasteiger partial charge in [-0.1, -0.05) is 44.7 Å². The maximum Gasteiger partial charge on any atom is 0.141 e. The van der Waals surface area contributed by atoms with Gasteiger partial charge in [-0.05, 0) is 43.5 Å². The molecular formula is C23H29FN4. The molecule has 1 aromatic heterocycles. The van der Waals surface area contributed by atoms with Gasteiger partial charge in [-0.2, -0.15) is 0 Å². The van der Waals surface area contributed by atoms with Gasteiger partial charge in [0, 0.05) is 13.1 Å². The average molecular weight is 381 g/mol. The van der Waals surface area contributed by atoms with Crippen LogP contribution in [0, 0.1) is 5.82 Å². The molecule has 4 nitrogen and oxygen atoms in total. The highest BCUT2D eigenvalue weighted by molar-refractivity contribution is 5.45. The van der Waals surface area contributed by atoms with E-state index >= 15 is 0 Å². The van der Waals surface area contributed by atoms with Crippen LogP contribution in [0.15, 0.2) is 78.6 Å². The highest BCUT2D eigenvalue weighted by Crippen LogP contribution is 2.36. The molecular weight excluding hydrogens is 351 g/mol. The third-order valence-electron chi connectivity index (χ3n) is 5.35. The van der Waals surface area contributed by atoms with Crippen molar-refractivity contribution >= 4 is 5.82 Å². The second-order valence-electron chi connectivity index (χ2n) is 7.39. The SMILES string of the molecule is C=C(CCC)/C(C)=C/C=C1\C(=C)N(C(=C)Nc2ccc(F)cn2)C2CCN1C2. The molecule has 2 aliphatic heterocycles. The lowest BCUT2D eigenvalue weighted by molar-refractivity contribution is 0.264. The predicted octanol–water partition coefficient (Wildman–Crippen LogP) is 5.19. The molecule has 1 unspecified atom stereocenters. The lowest BCUT2D eigenvalue weighted by atomic mass is 10.0. The van der Waals surface area contributed by atoms with E-state index in [1.807, 2.05) is 0 Å². The van der Waals surface area contributed by atoms with Crippen LogP contribution in [0.4, 0.5) is 10.2 Å². The van der Waals surface area contributed by atoms with Crippen LogP contribution in [0.5, 0.6) is 0 Å². The molecule has 2 fully saturated rings. The number of nitrogens with zero attached hydrogens (tertiary/aromatic N) is 3. The quantitative estimate of drug-likeness (QED) is 0.659. The molecule has 1 N–H and O–H groups in total. The summed E-state index contributed by atoms with van der Waals surface area (Å²) in [6, 6.07) is 3.31. The summed E-state index contributed by atoms with van der Waals surface area (Å²) in [5, 5.41) is 3.19. The van der Waals surface area contributed by atoms with Gasteiger partial charge in [-0.15, -0.1) is 0 Å². The zero-order valence-electron chi connectivity index (χ0n) is 16.8. The molecule has 0 saturated carbocycles. The third kappa shape index (κ3) is 4.19. The monoisotopic (exact) mass is 380 g/mol. The molecule has 28 heavy (non-hydrogen) atoms. The smallest absolute Gasteiger partial charge is 0.141 e. The number of nitrogens with one attached hydrogen (secondary N) is 1. The van der Waals surface area contributed by atoms with Gasteiger partial charge in [0.2, 0.25) is 0 Å². The number of hydrogen-bond acceptors (Lipinski definition) is 4. The van der Waals surface area contributed by atoms with Gasteiger partial charge in [0.25, 0.3) is 0 Å². The summed E-state index contributed by atoms with van der Waals surface area (Å²) in [6.45, 7) is 18.9. The maximum atomic E-state index is 13.1. The molecule has 0 amide bonds. The number of piperazine rings is 1. The molecule has 0 aromatic carbocycles. The van der Waals surface area contributed by atoms with E-state index in [-0.39, 0.29) is 5.82 Å². The van der Waals surface area contributed by atoms with Crippen LogP contribution in [0.3, 0.4) is 0 Å². The lowest BCUT2D eigenvalue weighted by Gasteiger charge is -2.41. The molecule has 0 radical (unpaired) electrons. The first-order valence-corrected chi connectivity index (χ1v) is 9.78. The number of hydrogen-bond donors (Lipinski definition) is 1.